The molecule has 0 aliphatic rings. The molecule has 2 N–H and O–H groups in total. The van der Waals surface area contributed by atoms with Gasteiger partial charge in [-0.3, -0.25) is 4.79 Å². The van der Waals surface area contributed by atoms with Crippen LogP contribution in [-0.2, 0) is 30.2 Å². The Morgan fingerprint density at radius 1 is 0.762 bits per heavy atom. The number of carbonyl (C=O) groups is 4. The third-order valence-electron chi connectivity index (χ3n) is 5.18. The summed E-state index contributed by atoms with van der Waals surface area (Å²) in [5.74, 6) is -0.818. The molecule has 0 amide bonds. The van der Waals surface area contributed by atoms with Crippen LogP contribution in [0.4, 0.5) is 14.4 Å². The van der Waals surface area contributed by atoms with Gasteiger partial charge in [0, 0.05) is 12.8 Å². The predicted octanol–water partition coefficient (Wildman–Crippen LogP) is 5.72. The van der Waals surface area contributed by atoms with Gasteiger partial charge in [-0.25, -0.2) is 14.4 Å². The van der Waals surface area contributed by atoms with Gasteiger partial charge in [-0.15, -0.1) is 0 Å². The number of carbonyl (C=O) groups excluding carboxylic acids is 4. The summed E-state index contributed by atoms with van der Waals surface area (Å²) < 4.78 is 36.4. The molecule has 2 rings (SSSR count). The van der Waals surface area contributed by atoms with Crippen LogP contribution < -0.4 is 19.9 Å². The predicted molar refractivity (Wildman–Crippen MR) is 150 cm³/mol. The molecule has 2 atom stereocenters. The zero-order chi connectivity index (χ0) is 31.7. The van der Waals surface area contributed by atoms with Crippen molar-refractivity contribution in [3.8, 4) is 17.2 Å². The summed E-state index contributed by atoms with van der Waals surface area (Å²) in [5, 5.41) is 0. The molecule has 2 aromatic rings. The second-order valence-electron chi connectivity index (χ2n) is 11.5. The van der Waals surface area contributed by atoms with Crippen molar-refractivity contribution in [3.63, 3.8) is 0 Å². The third-order valence-corrected chi connectivity index (χ3v) is 5.18. The Hall–Kier alpha value is -4.32. The van der Waals surface area contributed by atoms with E-state index in [4.69, 9.17) is 38.9 Å². The summed E-state index contributed by atoms with van der Waals surface area (Å²) in [6.07, 6.45) is -4.21. The molecule has 0 aromatic heterocycles. The average molecular weight is 590 g/mol. The van der Waals surface area contributed by atoms with E-state index >= 15 is 0 Å². The molecular weight excluding hydrogens is 550 g/mol. The largest absolute Gasteiger partial charge is 0.514 e. The molecule has 0 aliphatic carbocycles. The second-order valence-corrected chi connectivity index (χ2v) is 11.5. The van der Waals surface area contributed by atoms with E-state index in [0.717, 1.165) is 0 Å². The fraction of sp³-hybridized carbons (Fsp3) is 0.467. The van der Waals surface area contributed by atoms with Gasteiger partial charge >= 0.3 is 24.4 Å². The molecule has 12 nitrogen and oxygen atoms in total. The lowest BCUT2D eigenvalue weighted by Gasteiger charge is -2.29. The Bertz CT molecular complexity index is 1250. The molecule has 0 heterocycles. The van der Waals surface area contributed by atoms with E-state index in [2.05, 4.69) is 0 Å². The van der Waals surface area contributed by atoms with E-state index in [9.17, 15) is 19.2 Å². The van der Waals surface area contributed by atoms with Crippen molar-refractivity contribution < 1.29 is 52.3 Å². The lowest BCUT2D eigenvalue weighted by Crippen LogP contribution is -2.53. The molecule has 230 valence electrons. The second kappa shape index (κ2) is 14.0. The first kappa shape index (κ1) is 33.9. The quantitative estimate of drug-likeness (QED) is 0.216. The maximum atomic E-state index is 12.8. The minimum Gasteiger partial charge on any atom is -0.468 e. The maximum absolute atomic E-state index is 12.8. The van der Waals surface area contributed by atoms with Crippen LogP contribution in [0.15, 0.2) is 48.5 Å². The average Bonchev–Trinajstić information content (AvgIpc) is 2.83. The zero-order valence-corrected chi connectivity index (χ0v) is 25.2. The van der Waals surface area contributed by atoms with Crippen LogP contribution in [0.1, 0.15) is 60.5 Å². The summed E-state index contributed by atoms with van der Waals surface area (Å²) in [5.41, 5.74) is 3.51. The van der Waals surface area contributed by atoms with Gasteiger partial charge in [-0.05, 0) is 78.3 Å². The standard InChI is InChI=1S/C30H39NO11/c1-19(37-25(33)38-21-12-10-9-11-13-21)17-30(31,24(32)36-8)18-20-14-15-22(39-26(34)41-28(2,3)4)23(16-20)40-27(35)42-29(5,6)7/h9-16,19H,17-18,31H2,1-8H3/t19?,30-/m1/s1. The van der Waals surface area contributed by atoms with Gasteiger partial charge < -0.3 is 38.9 Å². The minimum absolute atomic E-state index is 0.139. The minimum atomic E-state index is -1.68. The van der Waals surface area contributed by atoms with E-state index in [1.807, 2.05) is 0 Å². The topological polar surface area (TPSA) is 159 Å². The van der Waals surface area contributed by atoms with E-state index in [1.165, 1.54) is 25.3 Å². The molecule has 0 saturated heterocycles. The summed E-state index contributed by atoms with van der Waals surface area (Å²) in [4.78, 5) is 49.8. The van der Waals surface area contributed by atoms with Crippen LogP contribution in [0.5, 0.6) is 17.2 Å². The Kier molecular flexibility index (Phi) is 11.3. The molecular formula is C30H39NO11. The highest BCUT2D eigenvalue weighted by atomic mass is 16.8. The van der Waals surface area contributed by atoms with Gasteiger partial charge in [0.15, 0.2) is 11.5 Å². The van der Waals surface area contributed by atoms with Crippen LogP contribution in [0.2, 0.25) is 0 Å². The van der Waals surface area contributed by atoms with Gasteiger partial charge in [0.05, 0.1) is 7.11 Å². The summed E-state index contributed by atoms with van der Waals surface area (Å²) in [7, 11) is 1.17. The number of esters is 1. The Labute approximate surface area is 245 Å². The number of nitrogens with two attached hydrogens (primary N) is 1. The fourth-order valence-electron chi connectivity index (χ4n) is 3.67. The zero-order valence-electron chi connectivity index (χ0n) is 25.2. The monoisotopic (exact) mass is 589 g/mol. The summed E-state index contributed by atoms with van der Waals surface area (Å²) in [6.45, 7) is 11.5. The van der Waals surface area contributed by atoms with Crippen molar-refractivity contribution in [1.82, 2.24) is 0 Å². The normalized spacial score (nSPS) is 13.5. The van der Waals surface area contributed by atoms with Crippen LogP contribution >= 0.6 is 0 Å². The van der Waals surface area contributed by atoms with Crippen LogP contribution in [0, 0.1) is 0 Å². The van der Waals surface area contributed by atoms with Crippen molar-refractivity contribution in [2.45, 2.75) is 84.2 Å². The van der Waals surface area contributed by atoms with Gasteiger partial charge in [-0.2, -0.15) is 0 Å². The number of rotatable bonds is 9. The number of methoxy groups -OCH3 is 1. The lowest BCUT2D eigenvalue weighted by molar-refractivity contribution is -0.148. The molecule has 12 heteroatoms. The number of ether oxygens (including phenoxy) is 7. The molecule has 2 aromatic carbocycles. The van der Waals surface area contributed by atoms with Gasteiger partial charge in [0.1, 0.15) is 28.6 Å². The first-order valence-corrected chi connectivity index (χ1v) is 13.1. The van der Waals surface area contributed by atoms with Crippen molar-refractivity contribution >= 4 is 24.4 Å². The molecule has 42 heavy (non-hydrogen) atoms. The van der Waals surface area contributed by atoms with Crippen molar-refractivity contribution in [2.75, 3.05) is 7.11 Å². The van der Waals surface area contributed by atoms with Crippen molar-refractivity contribution in [2.24, 2.45) is 5.73 Å². The Morgan fingerprint density at radius 3 is 1.83 bits per heavy atom. The van der Waals surface area contributed by atoms with Crippen molar-refractivity contribution in [3.05, 3.63) is 54.1 Å². The van der Waals surface area contributed by atoms with Crippen LogP contribution in [0.3, 0.4) is 0 Å². The third kappa shape index (κ3) is 11.7. The van der Waals surface area contributed by atoms with Crippen molar-refractivity contribution in [1.29, 1.82) is 0 Å². The summed E-state index contributed by atoms with van der Waals surface area (Å²) >= 11 is 0. The van der Waals surface area contributed by atoms with Gasteiger partial charge in [-0.1, -0.05) is 24.3 Å². The Morgan fingerprint density at radius 2 is 1.31 bits per heavy atom. The SMILES string of the molecule is COC(=O)[C@](N)(Cc1ccc(OC(=O)OC(C)(C)C)c(OC(=O)OC(C)(C)C)c1)CC(C)OC(=O)Oc1ccccc1. The van der Waals surface area contributed by atoms with E-state index < -0.39 is 47.3 Å². The van der Waals surface area contributed by atoms with Crippen LogP contribution in [-0.4, -0.2) is 54.4 Å². The maximum Gasteiger partial charge on any atom is 0.514 e. The molecule has 0 spiro atoms. The first-order chi connectivity index (χ1) is 19.4. The van der Waals surface area contributed by atoms with Gasteiger partial charge in [0.25, 0.3) is 0 Å². The molecule has 0 fully saturated rings. The number of hydrogen-bond acceptors (Lipinski definition) is 12. The summed E-state index contributed by atoms with van der Waals surface area (Å²) in [6, 6.07) is 12.6. The van der Waals surface area contributed by atoms with E-state index in [0.29, 0.717) is 5.56 Å². The highest BCUT2D eigenvalue weighted by molar-refractivity contribution is 5.81. The molecule has 0 radical (unpaired) electrons. The van der Waals surface area contributed by atoms with E-state index in [1.54, 1.807) is 78.8 Å². The number of hydrogen-bond donors (Lipinski definition) is 1. The lowest BCUT2D eigenvalue weighted by atomic mass is 9.86. The number of para-hydroxylation sites is 1. The molecule has 0 aliphatic heterocycles. The smallest absolute Gasteiger partial charge is 0.468 e. The highest BCUT2D eigenvalue weighted by Crippen LogP contribution is 2.32. The molecule has 0 saturated carbocycles. The molecule has 1 unspecified atom stereocenters. The molecule has 0 bridgehead atoms. The van der Waals surface area contributed by atoms with Crippen LogP contribution in [0.25, 0.3) is 0 Å². The first-order valence-electron chi connectivity index (χ1n) is 13.1. The highest BCUT2D eigenvalue weighted by Gasteiger charge is 2.38. The van der Waals surface area contributed by atoms with Gasteiger partial charge in [0.2, 0.25) is 0 Å². The number of benzene rings is 2. The van der Waals surface area contributed by atoms with E-state index in [-0.39, 0.29) is 30.1 Å². The Balaban J connectivity index is 2.29. The fourth-order valence-corrected chi connectivity index (χ4v) is 3.67.